The molecular formula is C6H5F4N. The fraction of sp³-hybridized carbons (Fsp3) is 0.833. The van der Waals surface area contributed by atoms with Gasteiger partial charge in [0.2, 0.25) is 0 Å². The fourth-order valence-electron chi connectivity index (χ4n) is 1.05. The van der Waals surface area contributed by atoms with E-state index in [-0.39, 0.29) is 0 Å². The largest absolute Gasteiger partial charge is 0.314 e. The molecule has 1 aliphatic rings. The van der Waals surface area contributed by atoms with Gasteiger partial charge in [0, 0.05) is 18.8 Å². The van der Waals surface area contributed by atoms with E-state index in [4.69, 9.17) is 5.26 Å². The molecule has 0 aliphatic heterocycles. The summed E-state index contributed by atoms with van der Waals surface area (Å²) in [5.41, 5.74) is 0. The fourth-order valence-corrected chi connectivity index (χ4v) is 1.05. The van der Waals surface area contributed by atoms with Crippen LogP contribution in [0.2, 0.25) is 0 Å². The Labute approximate surface area is 60.6 Å². The Balaban J connectivity index is 2.63. The molecule has 62 valence electrons. The van der Waals surface area contributed by atoms with Gasteiger partial charge in [0.1, 0.15) is 0 Å². The van der Waals surface area contributed by atoms with Gasteiger partial charge >= 0.3 is 11.8 Å². The number of nitriles is 1. The summed E-state index contributed by atoms with van der Waals surface area (Å²) in [6.07, 6.45) is -1.36. The molecule has 1 rings (SSSR count). The van der Waals surface area contributed by atoms with Gasteiger partial charge in [0.15, 0.2) is 0 Å². The molecule has 0 bridgehead atoms. The van der Waals surface area contributed by atoms with Crippen LogP contribution in [0.3, 0.4) is 0 Å². The zero-order chi connectivity index (χ0) is 8.70. The van der Waals surface area contributed by atoms with Gasteiger partial charge in [0.05, 0.1) is 6.07 Å². The number of hydrogen-bond donors (Lipinski definition) is 0. The average Bonchev–Trinajstić information content (AvgIpc) is 1.87. The lowest BCUT2D eigenvalue weighted by Gasteiger charge is -2.42. The van der Waals surface area contributed by atoms with Crippen molar-refractivity contribution in [2.45, 2.75) is 24.7 Å². The number of hydrogen-bond acceptors (Lipinski definition) is 1. The predicted octanol–water partition coefficient (Wildman–Crippen LogP) is 2.19. The topological polar surface area (TPSA) is 23.8 Å². The number of rotatable bonds is 1. The van der Waals surface area contributed by atoms with Gasteiger partial charge in [-0.25, -0.2) is 0 Å². The Hall–Kier alpha value is -0.790. The summed E-state index contributed by atoms with van der Waals surface area (Å²) in [4.78, 5) is 0. The maximum Gasteiger partial charge on any atom is 0.314 e. The van der Waals surface area contributed by atoms with Crippen molar-refractivity contribution in [2.75, 3.05) is 0 Å². The minimum Gasteiger partial charge on any atom is -0.200 e. The molecule has 0 saturated heterocycles. The van der Waals surface area contributed by atoms with Crippen LogP contribution in [0.25, 0.3) is 0 Å². The minimum atomic E-state index is -3.97. The third-order valence-electron chi connectivity index (χ3n) is 1.84. The van der Waals surface area contributed by atoms with Gasteiger partial charge in [-0.05, 0) is 0 Å². The maximum absolute atomic E-state index is 12.3. The molecular weight excluding hydrogens is 162 g/mol. The maximum atomic E-state index is 12.3. The first-order valence-electron chi connectivity index (χ1n) is 3.04. The van der Waals surface area contributed by atoms with Crippen molar-refractivity contribution in [3.8, 4) is 6.07 Å². The summed E-state index contributed by atoms with van der Waals surface area (Å²) in [5.74, 6) is -9.32. The van der Waals surface area contributed by atoms with E-state index < -0.39 is 30.6 Å². The van der Waals surface area contributed by atoms with Crippen LogP contribution in [0.5, 0.6) is 0 Å². The van der Waals surface area contributed by atoms with E-state index in [1.807, 2.05) is 0 Å². The predicted molar refractivity (Wildman–Crippen MR) is 28.2 cm³/mol. The number of halogens is 4. The van der Waals surface area contributed by atoms with E-state index in [1.165, 1.54) is 6.07 Å². The van der Waals surface area contributed by atoms with Crippen molar-refractivity contribution in [3.63, 3.8) is 0 Å². The van der Waals surface area contributed by atoms with E-state index in [9.17, 15) is 17.6 Å². The van der Waals surface area contributed by atoms with Crippen LogP contribution in [0, 0.1) is 17.2 Å². The van der Waals surface area contributed by atoms with Crippen molar-refractivity contribution < 1.29 is 17.6 Å². The molecule has 5 heteroatoms. The zero-order valence-electron chi connectivity index (χ0n) is 5.45. The van der Waals surface area contributed by atoms with Gasteiger partial charge in [0.25, 0.3) is 0 Å². The molecule has 0 N–H and O–H groups in total. The number of alkyl halides is 4. The Kier molecular flexibility index (Phi) is 1.58. The van der Waals surface area contributed by atoms with E-state index in [0.29, 0.717) is 0 Å². The van der Waals surface area contributed by atoms with Crippen LogP contribution in [0.4, 0.5) is 17.6 Å². The van der Waals surface area contributed by atoms with Crippen molar-refractivity contribution in [1.29, 1.82) is 5.26 Å². The Morgan fingerprint density at radius 2 is 1.91 bits per heavy atom. The van der Waals surface area contributed by atoms with Crippen molar-refractivity contribution in [2.24, 2.45) is 5.92 Å². The molecule has 1 nitrogen and oxygen atoms in total. The normalized spacial score (nSPS) is 32.1. The minimum absolute atomic E-state index is 0.497. The van der Waals surface area contributed by atoms with Crippen LogP contribution in [-0.4, -0.2) is 11.8 Å². The van der Waals surface area contributed by atoms with Crippen LogP contribution in [-0.2, 0) is 0 Å². The Morgan fingerprint density at radius 3 is 2.18 bits per heavy atom. The summed E-state index contributed by atoms with van der Waals surface area (Å²) >= 11 is 0. The summed E-state index contributed by atoms with van der Waals surface area (Å²) in [5, 5.41) is 7.98. The third-order valence-corrected chi connectivity index (χ3v) is 1.84. The molecule has 0 radical (unpaired) electrons. The molecule has 11 heavy (non-hydrogen) atoms. The first-order valence-corrected chi connectivity index (χ1v) is 3.04. The molecule has 0 amide bonds. The second-order valence-corrected chi connectivity index (χ2v) is 2.59. The van der Waals surface area contributed by atoms with Crippen LogP contribution in [0.15, 0.2) is 0 Å². The molecule has 1 saturated carbocycles. The second kappa shape index (κ2) is 2.10. The summed E-state index contributed by atoms with van der Waals surface area (Å²) < 4.78 is 48.6. The molecule has 0 unspecified atom stereocenters. The molecule has 0 spiro atoms. The van der Waals surface area contributed by atoms with Gasteiger partial charge in [-0.3, -0.25) is 0 Å². The van der Waals surface area contributed by atoms with Gasteiger partial charge in [-0.15, -0.1) is 0 Å². The van der Waals surface area contributed by atoms with Gasteiger partial charge in [-0.1, -0.05) is 0 Å². The molecule has 1 aliphatic carbocycles. The second-order valence-electron chi connectivity index (χ2n) is 2.59. The summed E-state index contributed by atoms with van der Waals surface area (Å²) in [6.45, 7) is 0. The van der Waals surface area contributed by atoms with Gasteiger partial charge in [-0.2, -0.15) is 22.8 Å². The van der Waals surface area contributed by atoms with Crippen molar-refractivity contribution in [1.82, 2.24) is 0 Å². The highest BCUT2D eigenvalue weighted by Crippen LogP contribution is 2.56. The highest BCUT2D eigenvalue weighted by Gasteiger charge is 2.71. The zero-order valence-corrected chi connectivity index (χ0v) is 5.45. The third kappa shape index (κ3) is 0.971. The highest BCUT2D eigenvalue weighted by molar-refractivity contribution is 5.05. The highest BCUT2D eigenvalue weighted by atomic mass is 19.3. The Morgan fingerprint density at radius 1 is 1.36 bits per heavy atom. The lowest BCUT2D eigenvalue weighted by Crippen LogP contribution is -2.58. The molecule has 0 aromatic rings. The van der Waals surface area contributed by atoms with E-state index >= 15 is 0 Å². The first kappa shape index (κ1) is 8.31. The van der Waals surface area contributed by atoms with Crippen molar-refractivity contribution in [3.05, 3.63) is 0 Å². The van der Waals surface area contributed by atoms with E-state index in [0.717, 1.165) is 0 Å². The van der Waals surface area contributed by atoms with Gasteiger partial charge < -0.3 is 0 Å². The lowest BCUT2D eigenvalue weighted by molar-refractivity contribution is -0.312. The summed E-state index contributed by atoms with van der Waals surface area (Å²) in [7, 11) is 0. The monoisotopic (exact) mass is 167 g/mol. The number of nitrogens with zero attached hydrogens (tertiary/aromatic N) is 1. The SMILES string of the molecule is N#CC[C@@H]1CC(F)(F)C1(F)F. The molecule has 0 aromatic heterocycles. The molecule has 0 aromatic carbocycles. The molecule has 0 heterocycles. The molecule has 1 fully saturated rings. The van der Waals surface area contributed by atoms with Crippen molar-refractivity contribution >= 4 is 0 Å². The van der Waals surface area contributed by atoms with E-state index in [1.54, 1.807) is 0 Å². The van der Waals surface area contributed by atoms with Crippen LogP contribution >= 0.6 is 0 Å². The van der Waals surface area contributed by atoms with E-state index in [2.05, 4.69) is 0 Å². The lowest BCUT2D eigenvalue weighted by atomic mass is 9.75. The average molecular weight is 167 g/mol. The quantitative estimate of drug-likeness (QED) is 0.549. The summed E-state index contributed by atoms with van der Waals surface area (Å²) in [6, 6.07) is 1.45. The Bertz CT molecular complexity index is 205. The van der Waals surface area contributed by atoms with Crippen LogP contribution < -0.4 is 0 Å². The smallest absolute Gasteiger partial charge is 0.200 e. The van der Waals surface area contributed by atoms with Crippen LogP contribution in [0.1, 0.15) is 12.8 Å². The first-order chi connectivity index (χ1) is 4.92. The standard InChI is InChI=1S/C6H5F4N/c7-5(8)3-4(1-2-11)6(5,9)10/h4H,1,3H2/t4-/m1/s1. The molecule has 1 atom stereocenters.